The normalized spacial score (nSPS) is 16.6. The smallest absolute Gasteiger partial charge is 0.164 e. The average molecular weight is 348 g/mol. The molecule has 0 radical (unpaired) electrons. The summed E-state index contributed by atoms with van der Waals surface area (Å²) in [6.45, 7) is 1.45. The molecule has 4 atom stereocenters. The number of aliphatic hydroxyl groups is 5. The fraction of sp³-hybridized carbons (Fsp3) is 0.944. The number of hydrogen-bond donors (Lipinski definition) is 5. The molecule has 0 aromatic carbocycles. The van der Waals surface area contributed by atoms with Crippen molar-refractivity contribution in [3.8, 4) is 0 Å². The third kappa shape index (κ3) is 10.4. The highest BCUT2D eigenvalue weighted by Crippen LogP contribution is 2.13. The Morgan fingerprint density at radius 3 is 1.67 bits per heavy atom. The first kappa shape index (κ1) is 23.5. The van der Waals surface area contributed by atoms with Gasteiger partial charge < -0.3 is 25.5 Å². The number of carbonyl (C=O) groups excluding carboxylic acids is 1. The Labute approximate surface area is 145 Å². The molecule has 0 saturated heterocycles. The van der Waals surface area contributed by atoms with Gasteiger partial charge in [-0.15, -0.1) is 0 Å². The SMILES string of the molecule is CCCCCCCCCCCCC(=O)[C@H](O)[C@@H](O)[C@H](O)[C@H](O)CO. The lowest BCUT2D eigenvalue weighted by Gasteiger charge is -2.24. The van der Waals surface area contributed by atoms with Gasteiger partial charge in [0.1, 0.15) is 24.4 Å². The molecule has 0 bridgehead atoms. The highest BCUT2D eigenvalue weighted by Gasteiger charge is 2.33. The van der Waals surface area contributed by atoms with Gasteiger partial charge in [0, 0.05) is 6.42 Å². The first-order valence-electron chi connectivity index (χ1n) is 9.31. The summed E-state index contributed by atoms with van der Waals surface area (Å²) in [5.41, 5.74) is 0. The fourth-order valence-electron chi connectivity index (χ4n) is 2.65. The van der Waals surface area contributed by atoms with Crippen molar-refractivity contribution in [1.82, 2.24) is 0 Å². The Morgan fingerprint density at radius 2 is 1.21 bits per heavy atom. The summed E-state index contributed by atoms with van der Waals surface area (Å²) >= 11 is 0. The van der Waals surface area contributed by atoms with Crippen molar-refractivity contribution in [1.29, 1.82) is 0 Å². The van der Waals surface area contributed by atoms with E-state index in [0.29, 0.717) is 6.42 Å². The predicted octanol–water partition coefficient (Wildman–Crippen LogP) is 1.30. The van der Waals surface area contributed by atoms with Gasteiger partial charge in [0.2, 0.25) is 0 Å². The van der Waals surface area contributed by atoms with Crippen molar-refractivity contribution in [3.05, 3.63) is 0 Å². The van der Waals surface area contributed by atoms with Crippen LogP contribution in [-0.4, -0.2) is 62.3 Å². The maximum atomic E-state index is 11.8. The topological polar surface area (TPSA) is 118 Å². The van der Waals surface area contributed by atoms with E-state index in [1.54, 1.807) is 0 Å². The molecule has 0 saturated carbocycles. The Bertz CT molecular complexity index is 310. The van der Waals surface area contributed by atoms with Gasteiger partial charge in [-0.2, -0.15) is 0 Å². The summed E-state index contributed by atoms with van der Waals surface area (Å²) in [6.07, 6.45) is 4.63. The molecule has 0 rings (SSSR count). The maximum absolute atomic E-state index is 11.8. The van der Waals surface area contributed by atoms with Crippen molar-refractivity contribution in [2.45, 2.75) is 102 Å². The summed E-state index contributed by atoms with van der Waals surface area (Å²) in [5, 5.41) is 46.7. The minimum absolute atomic E-state index is 0.136. The van der Waals surface area contributed by atoms with Crippen LogP contribution in [0.2, 0.25) is 0 Å². The average Bonchev–Trinajstić information content (AvgIpc) is 2.60. The zero-order valence-electron chi connectivity index (χ0n) is 14.9. The standard InChI is InChI=1S/C18H36O6/c1-2-3-4-5-6-7-8-9-10-11-12-14(20)16(22)18(24)17(23)15(21)13-19/h15-19,21-24H,2-13H2,1H3/t15-,16+,17-,18-/m1/s1. The van der Waals surface area contributed by atoms with Crippen LogP contribution in [0.4, 0.5) is 0 Å². The fourth-order valence-corrected chi connectivity index (χ4v) is 2.65. The highest BCUT2D eigenvalue weighted by molar-refractivity contribution is 5.83. The summed E-state index contributed by atoms with van der Waals surface area (Å²) in [4.78, 5) is 11.8. The van der Waals surface area contributed by atoms with Crippen LogP contribution >= 0.6 is 0 Å². The molecule has 24 heavy (non-hydrogen) atoms. The molecule has 5 N–H and O–H groups in total. The van der Waals surface area contributed by atoms with E-state index in [-0.39, 0.29) is 6.42 Å². The van der Waals surface area contributed by atoms with Gasteiger partial charge in [-0.3, -0.25) is 4.79 Å². The van der Waals surface area contributed by atoms with Gasteiger partial charge in [-0.25, -0.2) is 0 Å². The zero-order valence-corrected chi connectivity index (χ0v) is 14.9. The van der Waals surface area contributed by atoms with Gasteiger partial charge in [-0.05, 0) is 6.42 Å². The van der Waals surface area contributed by atoms with Gasteiger partial charge in [0.15, 0.2) is 5.78 Å². The van der Waals surface area contributed by atoms with E-state index in [4.69, 9.17) is 5.11 Å². The van der Waals surface area contributed by atoms with E-state index in [2.05, 4.69) is 6.92 Å². The van der Waals surface area contributed by atoms with Crippen molar-refractivity contribution in [2.24, 2.45) is 0 Å². The number of Topliss-reactive ketones (excluding diaryl/α,β-unsaturated/α-hetero) is 1. The van der Waals surface area contributed by atoms with Crippen molar-refractivity contribution in [2.75, 3.05) is 6.61 Å². The number of hydrogen-bond acceptors (Lipinski definition) is 6. The monoisotopic (exact) mass is 348 g/mol. The summed E-state index contributed by atoms with van der Waals surface area (Å²) in [6, 6.07) is 0. The summed E-state index contributed by atoms with van der Waals surface area (Å²) < 4.78 is 0. The van der Waals surface area contributed by atoms with E-state index >= 15 is 0 Å². The lowest BCUT2D eigenvalue weighted by molar-refractivity contribution is -0.147. The lowest BCUT2D eigenvalue weighted by Crippen LogP contribution is -2.48. The van der Waals surface area contributed by atoms with Crippen LogP contribution in [-0.2, 0) is 4.79 Å². The van der Waals surface area contributed by atoms with Crippen molar-refractivity contribution in [3.63, 3.8) is 0 Å². The number of aliphatic hydroxyl groups excluding tert-OH is 5. The summed E-state index contributed by atoms with van der Waals surface area (Å²) in [5.74, 6) is -0.550. The van der Waals surface area contributed by atoms with Crippen LogP contribution in [0.3, 0.4) is 0 Å². The zero-order chi connectivity index (χ0) is 18.4. The van der Waals surface area contributed by atoms with E-state index in [0.717, 1.165) is 19.3 Å². The summed E-state index contributed by atoms with van der Waals surface area (Å²) in [7, 11) is 0. The van der Waals surface area contributed by atoms with Crippen LogP contribution in [0.1, 0.15) is 77.6 Å². The minimum atomic E-state index is -1.79. The predicted molar refractivity (Wildman–Crippen MR) is 92.6 cm³/mol. The van der Waals surface area contributed by atoms with Crippen LogP contribution in [0.25, 0.3) is 0 Å². The van der Waals surface area contributed by atoms with Gasteiger partial charge in [0.25, 0.3) is 0 Å². The second-order valence-electron chi connectivity index (χ2n) is 6.57. The molecule has 0 aliphatic rings. The third-order valence-corrected chi connectivity index (χ3v) is 4.36. The Kier molecular flexibility index (Phi) is 14.5. The Balaban J connectivity index is 3.71. The second kappa shape index (κ2) is 14.8. The van der Waals surface area contributed by atoms with E-state index in [9.17, 15) is 25.2 Å². The first-order chi connectivity index (χ1) is 11.5. The Hall–Kier alpha value is -0.530. The number of unbranched alkanes of at least 4 members (excludes halogenated alkanes) is 9. The van der Waals surface area contributed by atoms with Crippen molar-refractivity contribution < 1.29 is 30.3 Å². The van der Waals surface area contributed by atoms with Gasteiger partial charge in [0.05, 0.1) is 6.61 Å². The molecule has 0 heterocycles. The van der Waals surface area contributed by atoms with Crippen molar-refractivity contribution >= 4 is 5.78 Å². The molecular weight excluding hydrogens is 312 g/mol. The Morgan fingerprint density at radius 1 is 0.750 bits per heavy atom. The third-order valence-electron chi connectivity index (χ3n) is 4.36. The molecule has 6 nitrogen and oxygen atoms in total. The molecule has 0 spiro atoms. The number of ketones is 1. The van der Waals surface area contributed by atoms with E-state index in [1.807, 2.05) is 0 Å². The maximum Gasteiger partial charge on any atom is 0.164 e. The van der Waals surface area contributed by atoms with E-state index in [1.165, 1.54) is 38.5 Å². The molecule has 0 aromatic heterocycles. The first-order valence-corrected chi connectivity index (χ1v) is 9.31. The number of rotatable bonds is 16. The van der Waals surface area contributed by atoms with Crippen LogP contribution in [0, 0.1) is 0 Å². The van der Waals surface area contributed by atoms with Gasteiger partial charge >= 0.3 is 0 Å². The van der Waals surface area contributed by atoms with Gasteiger partial charge in [-0.1, -0.05) is 64.7 Å². The highest BCUT2D eigenvalue weighted by atomic mass is 16.4. The van der Waals surface area contributed by atoms with E-state index < -0.39 is 36.8 Å². The number of carbonyl (C=O) groups is 1. The molecule has 0 fully saturated rings. The van der Waals surface area contributed by atoms with Crippen LogP contribution < -0.4 is 0 Å². The molecule has 0 aliphatic heterocycles. The second-order valence-corrected chi connectivity index (χ2v) is 6.57. The molecule has 0 aliphatic carbocycles. The van der Waals surface area contributed by atoms with Crippen LogP contribution in [0.15, 0.2) is 0 Å². The molecule has 144 valence electrons. The van der Waals surface area contributed by atoms with Crippen LogP contribution in [0.5, 0.6) is 0 Å². The minimum Gasteiger partial charge on any atom is -0.394 e. The quantitative estimate of drug-likeness (QED) is 0.268. The lowest BCUT2D eigenvalue weighted by atomic mass is 9.97. The molecule has 0 unspecified atom stereocenters. The largest absolute Gasteiger partial charge is 0.394 e. The molecule has 0 aromatic rings. The molecular formula is C18H36O6. The molecule has 0 amide bonds. The molecule has 6 heteroatoms.